The molecule has 1 rings (SSSR count). The van der Waals surface area contributed by atoms with Gasteiger partial charge < -0.3 is 20.7 Å². The molecule has 0 aromatic heterocycles. The Kier molecular flexibility index (Phi) is 8.21. The van der Waals surface area contributed by atoms with Gasteiger partial charge in [0.15, 0.2) is 0 Å². The maximum atomic E-state index is 12.2. The molecule has 1 aliphatic heterocycles. The van der Waals surface area contributed by atoms with E-state index in [1.165, 1.54) is 4.90 Å². The lowest BCUT2D eigenvalue weighted by Crippen LogP contribution is -2.51. The van der Waals surface area contributed by atoms with Gasteiger partial charge >= 0.3 is 0 Å². The molecule has 0 aromatic carbocycles. The number of amides is 2. The number of carbonyl (C=O) groups is 2. The van der Waals surface area contributed by atoms with E-state index in [2.05, 4.69) is 5.32 Å². The summed E-state index contributed by atoms with van der Waals surface area (Å²) in [5, 5.41) is 2.83. The molecule has 0 aliphatic carbocycles. The normalized spacial score (nSPS) is 17.6. The highest BCUT2D eigenvalue weighted by Crippen LogP contribution is 2.18. The summed E-state index contributed by atoms with van der Waals surface area (Å²) in [7, 11) is 1.61. The van der Waals surface area contributed by atoms with Crippen LogP contribution in [0.1, 0.15) is 33.6 Å². The predicted molar refractivity (Wildman–Crippen MR) is 84.3 cm³/mol. The number of nitrogens with one attached hydrogen (secondary N) is 1. The van der Waals surface area contributed by atoms with Crippen molar-refractivity contribution in [2.75, 3.05) is 26.8 Å². The smallest absolute Gasteiger partial charge is 0.240 e. The summed E-state index contributed by atoms with van der Waals surface area (Å²) < 4.78 is 5.26. The number of hydrogen-bond donors (Lipinski definition) is 2. The first-order valence-corrected chi connectivity index (χ1v) is 7.10. The molecule has 1 aliphatic rings. The third kappa shape index (κ3) is 7.11. The summed E-state index contributed by atoms with van der Waals surface area (Å²) in [5.41, 5.74) is 5.72. The lowest BCUT2D eigenvalue weighted by Gasteiger charge is -2.30. The average Bonchev–Trinajstić information content (AvgIpc) is 2.35. The van der Waals surface area contributed by atoms with Crippen LogP contribution in [0.4, 0.5) is 0 Å². The van der Waals surface area contributed by atoms with Crippen LogP contribution >= 0.6 is 12.4 Å². The van der Waals surface area contributed by atoms with Crippen LogP contribution in [-0.4, -0.2) is 55.1 Å². The van der Waals surface area contributed by atoms with Crippen molar-refractivity contribution in [3.63, 3.8) is 0 Å². The highest BCUT2D eigenvalue weighted by atomic mass is 35.5. The molecule has 1 heterocycles. The fourth-order valence-electron chi connectivity index (χ4n) is 2.28. The van der Waals surface area contributed by atoms with E-state index in [9.17, 15) is 9.59 Å². The fourth-order valence-corrected chi connectivity index (χ4v) is 2.28. The molecule has 6 nitrogen and oxygen atoms in total. The van der Waals surface area contributed by atoms with E-state index >= 15 is 0 Å². The summed E-state index contributed by atoms with van der Waals surface area (Å²) in [6.45, 7) is 7.05. The van der Waals surface area contributed by atoms with E-state index in [4.69, 9.17) is 10.5 Å². The third-order valence-electron chi connectivity index (χ3n) is 3.33. The standard InChI is InChI=1S/C14H27N3O3.ClH/c1-14(2,3)16-11(18)9-17(4)13(19)12(15)10-5-7-20-8-6-10;/h10,12H,5-9,15H2,1-4H3,(H,16,18);1H. The van der Waals surface area contributed by atoms with Crippen molar-refractivity contribution < 1.29 is 14.3 Å². The Hall–Kier alpha value is -0.850. The molecule has 0 saturated carbocycles. The third-order valence-corrected chi connectivity index (χ3v) is 3.33. The Bertz CT molecular complexity index is 352. The van der Waals surface area contributed by atoms with Crippen molar-refractivity contribution in [1.82, 2.24) is 10.2 Å². The molecule has 0 radical (unpaired) electrons. The summed E-state index contributed by atoms with van der Waals surface area (Å²) in [6, 6.07) is -0.550. The molecule has 1 atom stereocenters. The van der Waals surface area contributed by atoms with Crippen LogP contribution < -0.4 is 11.1 Å². The molecule has 0 aromatic rings. The molecule has 1 unspecified atom stereocenters. The van der Waals surface area contributed by atoms with Gasteiger partial charge in [0, 0.05) is 25.8 Å². The zero-order chi connectivity index (χ0) is 15.3. The highest BCUT2D eigenvalue weighted by Gasteiger charge is 2.29. The summed E-state index contributed by atoms with van der Waals surface area (Å²) in [6.07, 6.45) is 1.60. The number of nitrogens with two attached hydrogens (primary N) is 1. The first-order chi connectivity index (χ1) is 9.20. The minimum absolute atomic E-state index is 0. The van der Waals surface area contributed by atoms with Crippen LogP contribution in [0.5, 0.6) is 0 Å². The van der Waals surface area contributed by atoms with Gasteiger partial charge in [-0.3, -0.25) is 9.59 Å². The summed E-state index contributed by atoms with van der Waals surface area (Å²) in [4.78, 5) is 25.4. The van der Waals surface area contributed by atoms with Crippen LogP contribution in [0.15, 0.2) is 0 Å². The van der Waals surface area contributed by atoms with Crippen LogP contribution in [-0.2, 0) is 14.3 Å². The van der Waals surface area contributed by atoms with Crippen molar-refractivity contribution >= 4 is 24.2 Å². The van der Waals surface area contributed by atoms with E-state index in [1.807, 2.05) is 20.8 Å². The fraction of sp³-hybridized carbons (Fsp3) is 0.857. The molecule has 7 heteroatoms. The average molecular weight is 322 g/mol. The van der Waals surface area contributed by atoms with Gasteiger partial charge in [0.1, 0.15) is 0 Å². The van der Waals surface area contributed by atoms with Crippen molar-refractivity contribution in [1.29, 1.82) is 0 Å². The zero-order valence-corrected chi connectivity index (χ0v) is 14.2. The maximum Gasteiger partial charge on any atom is 0.240 e. The Morgan fingerprint density at radius 1 is 1.33 bits per heavy atom. The summed E-state index contributed by atoms with van der Waals surface area (Å²) >= 11 is 0. The number of hydrogen-bond acceptors (Lipinski definition) is 4. The Morgan fingerprint density at radius 2 is 1.86 bits per heavy atom. The molecule has 0 spiro atoms. The monoisotopic (exact) mass is 321 g/mol. The molecule has 124 valence electrons. The van der Waals surface area contributed by atoms with Crippen LogP contribution in [0.3, 0.4) is 0 Å². The maximum absolute atomic E-state index is 12.2. The highest BCUT2D eigenvalue weighted by molar-refractivity contribution is 5.87. The SMILES string of the molecule is CN(CC(=O)NC(C)(C)C)C(=O)C(N)C1CCOCC1.Cl. The minimum Gasteiger partial charge on any atom is -0.381 e. The van der Waals surface area contributed by atoms with E-state index in [-0.39, 0.29) is 42.2 Å². The first-order valence-electron chi connectivity index (χ1n) is 7.10. The Morgan fingerprint density at radius 3 is 2.33 bits per heavy atom. The van der Waals surface area contributed by atoms with E-state index in [0.717, 1.165) is 12.8 Å². The largest absolute Gasteiger partial charge is 0.381 e. The van der Waals surface area contributed by atoms with Gasteiger partial charge in [-0.1, -0.05) is 0 Å². The Balaban J connectivity index is 0.00000400. The molecular weight excluding hydrogens is 294 g/mol. The van der Waals surface area contributed by atoms with Crippen LogP contribution in [0.25, 0.3) is 0 Å². The van der Waals surface area contributed by atoms with Gasteiger partial charge in [0.05, 0.1) is 12.6 Å². The number of halogens is 1. The lowest BCUT2D eigenvalue weighted by molar-refractivity contribution is -0.137. The van der Waals surface area contributed by atoms with Crippen LogP contribution in [0.2, 0.25) is 0 Å². The van der Waals surface area contributed by atoms with Crippen LogP contribution in [0, 0.1) is 5.92 Å². The van der Waals surface area contributed by atoms with Gasteiger partial charge in [-0.2, -0.15) is 0 Å². The predicted octanol–water partition coefficient (Wildman–Crippen LogP) is 0.535. The number of nitrogens with zero attached hydrogens (tertiary/aromatic N) is 1. The van der Waals surface area contributed by atoms with Crippen molar-refractivity contribution in [3.8, 4) is 0 Å². The number of rotatable bonds is 4. The molecule has 0 bridgehead atoms. The first kappa shape index (κ1) is 20.1. The van der Waals surface area contributed by atoms with Crippen molar-refractivity contribution in [2.45, 2.75) is 45.2 Å². The van der Waals surface area contributed by atoms with Gasteiger partial charge in [-0.05, 0) is 39.5 Å². The quantitative estimate of drug-likeness (QED) is 0.791. The molecular formula is C14H28ClN3O3. The number of likely N-dealkylation sites (N-methyl/N-ethyl adjacent to an activating group) is 1. The number of carbonyl (C=O) groups excluding carboxylic acids is 2. The van der Waals surface area contributed by atoms with Gasteiger partial charge in [0.2, 0.25) is 11.8 Å². The van der Waals surface area contributed by atoms with E-state index in [1.54, 1.807) is 7.05 Å². The lowest BCUT2D eigenvalue weighted by atomic mass is 9.91. The molecule has 2 amide bonds. The summed E-state index contributed by atoms with van der Waals surface area (Å²) in [5.74, 6) is -0.210. The van der Waals surface area contributed by atoms with Crippen molar-refractivity contribution in [3.05, 3.63) is 0 Å². The second-order valence-electron chi connectivity index (χ2n) is 6.47. The topological polar surface area (TPSA) is 84.7 Å². The van der Waals surface area contributed by atoms with Crippen molar-refractivity contribution in [2.24, 2.45) is 11.7 Å². The van der Waals surface area contributed by atoms with E-state index in [0.29, 0.717) is 13.2 Å². The molecule has 3 N–H and O–H groups in total. The second kappa shape index (κ2) is 8.56. The van der Waals surface area contributed by atoms with Gasteiger partial charge in [-0.25, -0.2) is 0 Å². The molecule has 21 heavy (non-hydrogen) atoms. The van der Waals surface area contributed by atoms with Gasteiger partial charge in [0.25, 0.3) is 0 Å². The van der Waals surface area contributed by atoms with Gasteiger partial charge in [-0.15, -0.1) is 12.4 Å². The Labute approximate surface area is 133 Å². The molecule has 1 fully saturated rings. The minimum atomic E-state index is -0.550. The zero-order valence-electron chi connectivity index (χ0n) is 13.3. The molecule has 1 saturated heterocycles. The second-order valence-corrected chi connectivity index (χ2v) is 6.47. The van der Waals surface area contributed by atoms with E-state index < -0.39 is 6.04 Å². The number of ether oxygens (including phenoxy) is 1.